The Hall–Kier alpha value is -0.610. The van der Waals surface area contributed by atoms with Crippen LogP contribution in [0.1, 0.15) is 32.1 Å². The Balaban J connectivity index is 1.68. The summed E-state index contributed by atoms with van der Waals surface area (Å²) in [6, 6.07) is 0.533. The van der Waals surface area contributed by atoms with E-state index < -0.39 is 6.10 Å². The van der Waals surface area contributed by atoms with Gasteiger partial charge in [0.15, 0.2) is 0 Å². The van der Waals surface area contributed by atoms with Crippen molar-refractivity contribution in [1.82, 2.24) is 10.2 Å². The van der Waals surface area contributed by atoms with Crippen molar-refractivity contribution in [2.75, 3.05) is 19.6 Å². The van der Waals surface area contributed by atoms with Crippen LogP contribution in [0.5, 0.6) is 0 Å². The smallest absolute Gasteiger partial charge is 0.252 e. The Bertz CT molecular complexity index is 223. The van der Waals surface area contributed by atoms with Gasteiger partial charge in [0.1, 0.15) is 6.10 Å². The Morgan fingerprint density at radius 2 is 2.00 bits per heavy atom. The van der Waals surface area contributed by atoms with Gasteiger partial charge in [0.25, 0.3) is 5.91 Å². The van der Waals surface area contributed by atoms with Crippen LogP contribution in [0.15, 0.2) is 0 Å². The number of carbonyl (C=O) groups is 1. The predicted octanol–water partition coefficient (Wildman–Crippen LogP) is 0.112. The van der Waals surface area contributed by atoms with Crippen LogP contribution in [0.4, 0.5) is 0 Å². The standard InChI is InChI=1S/C11H20N2O2/c14-10(8-12-9-4-3-5-9)11(15)13-6-1-2-7-13/h9-10,12,14H,1-8H2. The molecule has 0 spiro atoms. The summed E-state index contributed by atoms with van der Waals surface area (Å²) in [5.74, 6) is -0.0978. The molecule has 0 aromatic rings. The zero-order chi connectivity index (χ0) is 10.7. The summed E-state index contributed by atoms with van der Waals surface area (Å²) in [5, 5.41) is 12.9. The molecule has 1 saturated carbocycles. The predicted molar refractivity (Wildman–Crippen MR) is 57.5 cm³/mol. The molecule has 0 aromatic heterocycles. The fourth-order valence-corrected chi connectivity index (χ4v) is 2.13. The van der Waals surface area contributed by atoms with E-state index in [1.807, 2.05) is 0 Å². The van der Waals surface area contributed by atoms with Crippen molar-refractivity contribution in [2.24, 2.45) is 0 Å². The maximum absolute atomic E-state index is 11.7. The first kappa shape index (κ1) is 10.9. The molecular weight excluding hydrogens is 192 g/mol. The summed E-state index contributed by atoms with van der Waals surface area (Å²) >= 11 is 0. The van der Waals surface area contributed by atoms with E-state index in [2.05, 4.69) is 5.32 Å². The number of carbonyl (C=O) groups excluding carboxylic acids is 1. The molecule has 1 aliphatic heterocycles. The first-order chi connectivity index (χ1) is 7.27. The quantitative estimate of drug-likeness (QED) is 0.695. The van der Waals surface area contributed by atoms with Crippen LogP contribution in [0.3, 0.4) is 0 Å². The third kappa shape index (κ3) is 2.69. The number of hydrogen-bond acceptors (Lipinski definition) is 3. The molecule has 1 aliphatic carbocycles. The van der Waals surface area contributed by atoms with Gasteiger partial charge < -0.3 is 15.3 Å². The lowest BCUT2D eigenvalue weighted by Gasteiger charge is -2.28. The van der Waals surface area contributed by atoms with E-state index in [-0.39, 0.29) is 5.91 Å². The minimum Gasteiger partial charge on any atom is -0.382 e. The second-order valence-corrected chi connectivity index (χ2v) is 4.58. The van der Waals surface area contributed by atoms with Crippen molar-refractivity contribution in [1.29, 1.82) is 0 Å². The van der Waals surface area contributed by atoms with Crippen molar-refractivity contribution in [3.63, 3.8) is 0 Å². The van der Waals surface area contributed by atoms with Crippen LogP contribution in [-0.2, 0) is 4.79 Å². The lowest BCUT2D eigenvalue weighted by molar-refractivity contribution is -0.138. The number of likely N-dealkylation sites (tertiary alicyclic amines) is 1. The van der Waals surface area contributed by atoms with Gasteiger partial charge in [0.05, 0.1) is 0 Å². The molecule has 4 nitrogen and oxygen atoms in total. The average Bonchev–Trinajstić information content (AvgIpc) is 2.66. The molecule has 1 atom stereocenters. The van der Waals surface area contributed by atoms with Crippen molar-refractivity contribution >= 4 is 5.91 Å². The Morgan fingerprint density at radius 3 is 2.53 bits per heavy atom. The van der Waals surface area contributed by atoms with Crippen LogP contribution in [0, 0.1) is 0 Å². The zero-order valence-electron chi connectivity index (χ0n) is 9.11. The van der Waals surface area contributed by atoms with Gasteiger partial charge in [-0.05, 0) is 25.7 Å². The molecule has 0 radical (unpaired) electrons. The van der Waals surface area contributed by atoms with Crippen LogP contribution in [0.2, 0.25) is 0 Å². The highest BCUT2D eigenvalue weighted by atomic mass is 16.3. The summed E-state index contributed by atoms with van der Waals surface area (Å²) in [6.45, 7) is 2.05. The summed E-state index contributed by atoms with van der Waals surface area (Å²) in [6.07, 6.45) is 4.95. The number of aliphatic hydroxyl groups is 1. The highest BCUT2D eigenvalue weighted by Gasteiger charge is 2.26. The van der Waals surface area contributed by atoms with Gasteiger partial charge in [-0.15, -0.1) is 0 Å². The molecule has 2 N–H and O–H groups in total. The van der Waals surface area contributed by atoms with E-state index in [0.29, 0.717) is 12.6 Å². The van der Waals surface area contributed by atoms with E-state index in [1.54, 1.807) is 4.90 Å². The van der Waals surface area contributed by atoms with Gasteiger partial charge in [-0.3, -0.25) is 4.79 Å². The van der Waals surface area contributed by atoms with E-state index in [4.69, 9.17) is 0 Å². The normalized spacial score (nSPS) is 23.9. The highest BCUT2D eigenvalue weighted by molar-refractivity contribution is 5.81. The van der Waals surface area contributed by atoms with Crippen molar-refractivity contribution in [3.05, 3.63) is 0 Å². The van der Waals surface area contributed by atoms with Gasteiger partial charge in [0.2, 0.25) is 0 Å². The van der Waals surface area contributed by atoms with E-state index in [9.17, 15) is 9.90 Å². The molecule has 0 aromatic carbocycles. The summed E-state index contributed by atoms with van der Waals surface area (Å²) in [4.78, 5) is 13.5. The molecule has 2 aliphatic rings. The molecule has 2 rings (SSSR count). The SMILES string of the molecule is O=C(C(O)CNC1CCC1)N1CCCC1. The number of nitrogens with zero attached hydrogens (tertiary/aromatic N) is 1. The molecular formula is C11H20N2O2. The summed E-state index contributed by atoms with van der Waals surface area (Å²) < 4.78 is 0. The number of nitrogens with one attached hydrogen (secondary N) is 1. The Kier molecular flexibility index (Phi) is 3.59. The Morgan fingerprint density at radius 1 is 1.33 bits per heavy atom. The van der Waals surface area contributed by atoms with E-state index in [1.165, 1.54) is 19.3 Å². The first-order valence-electron chi connectivity index (χ1n) is 5.97. The van der Waals surface area contributed by atoms with Gasteiger partial charge in [-0.1, -0.05) is 6.42 Å². The van der Waals surface area contributed by atoms with Crippen LogP contribution in [0.25, 0.3) is 0 Å². The van der Waals surface area contributed by atoms with Gasteiger partial charge >= 0.3 is 0 Å². The van der Waals surface area contributed by atoms with E-state index in [0.717, 1.165) is 25.9 Å². The molecule has 1 saturated heterocycles. The molecule has 1 amide bonds. The maximum atomic E-state index is 11.7. The van der Waals surface area contributed by atoms with Crippen molar-refractivity contribution in [2.45, 2.75) is 44.2 Å². The second-order valence-electron chi connectivity index (χ2n) is 4.58. The maximum Gasteiger partial charge on any atom is 0.252 e. The largest absolute Gasteiger partial charge is 0.382 e. The lowest BCUT2D eigenvalue weighted by Crippen LogP contribution is -2.46. The van der Waals surface area contributed by atoms with Crippen LogP contribution in [-0.4, -0.2) is 47.7 Å². The first-order valence-corrected chi connectivity index (χ1v) is 5.97. The molecule has 1 unspecified atom stereocenters. The zero-order valence-corrected chi connectivity index (χ0v) is 9.11. The lowest BCUT2D eigenvalue weighted by atomic mass is 9.93. The van der Waals surface area contributed by atoms with Crippen LogP contribution < -0.4 is 5.32 Å². The summed E-state index contributed by atoms with van der Waals surface area (Å²) in [7, 11) is 0. The third-order valence-corrected chi connectivity index (χ3v) is 3.41. The van der Waals surface area contributed by atoms with Crippen molar-refractivity contribution in [3.8, 4) is 0 Å². The number of hydrogen-bond donors (Lipinski definition) is 2. The minimum absolute atomic E-state index is 0.0978. The van der Waals surface area contributed by atoms with Gasteiger partial charge in [0, 0.05) is 25.7 Å². The highest BCUT2D eigenvalue weighted by Crippen LogP contribution is 2.18. The van der Waals surface area contributed by atoms with Crippen molar-refractivity contribution < 1.29 is 9.90 Å². The topological polar surface area (TPSA) is 52.6 Å². The second kappa shape index (κ2) is 4.94. The average molecular weight is 212 g/mol. The van der Waals surface area contributed by atoms with E-state index >= 15 is 0 Å². The summed E-state index contributed by atoms with van der Waals surface area (Å²) in [5.41, 5.74) is 0. The molecule has 4 heteroatoms. The van der Waals surface area contributed by atoms with Gasteiger partial charge in [-0.25, -0.2) is 0 Å². The molecule has 1 heterocycles. The number of aliphatic hydroxyl groups excluding tert-OH is 1. The minimum atomic E-state index is -0.844. The fraction of sp³-hybridized carbons (Fsp3) is 0.909. The molecule has 0 bridgehead atoms. The molecule has 15 heavy (non-hydrogen) atoms. The Labute approximate surface area is 90.6 Å². The fourth-order valence-electron chi connectivity index (χ4n) is 2.13. The third-order valence-electron chi connectivity index (χ3n) is 3.41. The van der Waals surface area contributed by atoms with Gasteiger partial charge in [-0.2, -0.15) is 0 Å². The molecule has 2 fully saturated rings. The van der Waals surface area contributed by atoms with Crippen LogP contribution >= 0.6 is 0 Å². The monoisotopic (exact) mass is 212 g/mol. The number of amides is 1. The number of rotatable bonds is 4. The molecule has 86 valence electrons.